The fourth-order valence-corrected chi connectivity index (χ4v) is 1.33. The molecule has 2 unspecified atom stereocenters. The Morgan fingerprint density at radius 1 is 0.519 bits per heavy atom. The minimum atomic E-state index is 0.195. The van der Waals surface area contributed by atoms with Gasteiger partial charge in [-0.25, -0.2) is 0 Å². The zero-order valence-electron chi connectivity index (χ0n) is 16.4. The average Bonchev–Trinajstić information content (AvgIpc) is 3.60. The fraction of sp³-hybridized carbons (Fsp3) is 1.00. The van der Waals surface area contributed by atoms with Gasteiger partial charge in [0.1, 0.15) is 12.2 Å². The zero-order chi connectivity index (χ0) is 20.6. The van der Waals surface area contributed by atoms with E-state index < -0.39 is 0 Å². The molecule has 0 radical (unpaired) electrons. The largest absolute Gasteiger partial charge is 0.396 e. The van der Waals surface area contributed by atoms with Gasteiger partial charge in [0.25, 0.3) is 0 Å². The lowest BCUT2D eigenvalue weighted by Crippen LogP contribution is -2.06. The molecule has 2 fully saturated rings. The molecule has 0 saturated carbocycles. The summed E-state index contributed by atoms with van der Waals surface area (Å²) in [6, 6.07) is 0. The molecule has 0 amide bonds. The van der Waals surface area contributed by atoms with Gasteiger partial charge in [0.05, 0.1) is 26.4 Å². The standard InChI is InChI=1S/C6H10O3.3C4H10O2/c1(5-3-8-5)7-2-6-4-9-6;3*5-3-1-2-4-6/h5-6H,1-4H2;3*5-6H,1-4H2. The van der Waals surface area contributed by atoms with Crippen molar-refractivity contribution in [3.8, 4) is 0 Å². The highest BCUT2D eigenvalue weighted by Crippen LogP contribution is 2.12. The van der Waals surface area contributed by atoms with Crippen molar-refractivity contribution in [3.63, 3.8) is 0 Å². The van der Waals surface area contributed by atoms with Crippen molar-refractivity contribution in [3.05, 3.63) is 0 Å². The Bertz CT molecular complexity index is 206. The number of hydrogen-bond donors (Lipinski definition) is 6. The summed E-state index contributed by atoms with van der Waals surface area (Å²) in [6.45, 7) is 4.43. The van der Waals surface area contributed by atoms with Crippen LogP contribution in [-0.4, -0.2) is 109 Å². The number of hydrogen-bond acceptors (Lipinski definition) is 9. The summed E-state index contributed by atoms with van der Waals surface area (Å²) in [5.41, 5.74) is 0. The molecule has 166 valence electrons. The smallest absolute Gasteiger partial charge is 0.104 e. The summed E-state index contributed by atoms with van der Waals surface area (Å²) < 4.78 is 15.1. The molecule has 27 heavy (non-hydrogen) atoms. The van der Waals surface area contributed by atoms with Gasteiger partial charge in [-0.15, -0.1) is 0 Å². The van der Waals surface area contributed by atoms with Gasteiger partial charge < -0.3 is 44.8 Å². The molecule has 6 N–H and O–H groups in total. The van der Waals surface area contributed by atoms with Crippen LogP contribution in [0.5, 0.6) is 0 Å². The van der Waals surface area contributed by atoms with Crippen LogP contribution in [0.15, 0.2) is 0 Å². The number of rotatable bonds is 13. The van der Waals surface area contributed by atoms with Gasteiger partial charge in [0.15, 0.2) is 0 Å². The molecule has 9 nitrogen and oxygen atoms in total. The van der Waals surface area contributed by atoms with Crippen LogP contribution in [0.2, 0.25) is 0 Å². The molecule has 9 heteroatoms. The first kappa shape index (κ1) is 28.8. The molecule has 0 aromatic rings. The summed E-state index contributed by atoms with van der Waals surface area (Å²) in [4.78, 5) is 0. The van der Waals surface area contributed by atoms with Gasteiger partial charge in [-0.05, 0) is 38.5 Å². The Balaban J connectivity index is 0. The molecular formula is C18H40O9. The third-order valence-electron chi connectivity index (χ3n) is 3.11. The van der Waals surface area contributed by atoms with Crippen molar-refractivity contribution in [1.82, 2.24) is 0 Å². The molecule has 2 rings (SSSR count). The maximum Gasteiger partial charge on any atom is 0.104 e. The van der Waals surface area contributed by atoms with E-state index in [1.54, 1.807) is 0 Å². The lowest BCUT2D eigenvalue weighted by Gasteiger charge is -1.95. The van der Waals surface area contributed by atoms with Gasteiger partial charge in [0, 0.05) is 39.6 Å². The Labute approximate surface area is 162 Å². The van der Waals surface area contributed by atoms with Crippen molar-refractivity contribution in [2.24, 2.45) is 0 Å². The van der Waals surface area contributed by atoms with E-state index >= 15 is 0 Å². The highest BCUT2D eigenvalue weighted by molar-refractivity contribution is 4.71. The van der Waals surface area contributed by atoms with Crippen LogP contribution < -0.4 is 0 Å². The lowest BCUT2D eigenvalue weighted by molar-refractivity contribution is 0.102. The Morgan fingerprint density at radius 3 is 0.889 bits per heavy atom. The molecule has 0 aromatic carbocycles. The normalized spacial score (nSPS) is 18.9. The van der Waals surface area contributed by atoms with Crippen molar-refractivity contribution in [1.29, 1.82) is 0 Å². The van der Waals surface area contributed by atoms with E-state index in [9.17, 15) is 0 Å². The predicted octanol–water partition coefficient (Wildman–Crippen LogP) is -0.946. The van der Waals surface area contributed by atoms with E-state index in [1.165, 1.54) is 0 Å². The average molecular weight is 401 g/mol. The molecule has 2 aliphatic heterocycles. The van der Waals surface area contributed by atoms with Crippen LogP contribution in [0.3, 0.4) is 0 Å². The molecule has 0 spiro atoms. The van der Waals surface area contributed by atoms with Gasteiger partial charge in [-0.1, -0.05) is 0 Å². The molecule has 0 bridgehead atoms. The van der Waals surface area contributed by atoms with E-state index in [0.29, 0.717) is 12.2 Å². The molecule has 0 aromatic heterocycles. The molecule has 0 aliphatic carbocycles. The second kappa shape index (κ2) is 25.6. The monoisotopic (exact) mass is 400 g/mol. The first-order valence-corrected chi connectivity index (χ1v) is 9.66. The minimum absolute atomic E-state index is 0.195. The van der Waals surface area contributed by atoms with Crippen LogP contribution in [0, 0.1) is 0 Å². The SMILES string of the molecule is C(OCC1CO1)C1CO1.OCCCCO.OCCCCO.OCCCCO. The Hall–Kier alpha value is -0.360. The van der Waals surface area contributed by atoms with E-state index in [4.69, 9.17) is 44.8 Å². The number of epoxide rings is 2. The van der Waals surface area contributed by atoms with Crippen LogP contribution in [0.1, 0.15) is 38.5 Å². The maximum absolute atomic E-state index is 8.09. The second-order valence-electron chi connectivity index (χ2n) is 5.91. The van der Waals surface area contributed by atoms with Crippen LogP contribution in [0.4, 0.5) is 0 Å². The summed E-state index contributed by atoms with van der Waals surface area (Å²) in [7, 11) is 0. The van der Waals surface area contributed by atoms with Gasteiger partial charge in [-0.2, -0.15) is 0 Å². The first-order valence-electron chi connectivity index (χ1n) is 9.66. The lowest BCUT2D eigenvalue weighted by atomic mass is 10.3. The molecular weight excluding hydrogens is 360 g/mol. The van der Waals surface area contributed by atoms with Gasteiger partial charge in [-0.3, -0.25) is 0 Å². The minimum Gasteiger partial charge on any atom is -0.396 e. The summed E-state index contributed by atoms with van der Waals surface area (Å²) in [5.74, 6) is 0. The molecule has 2 saturated heterocycles. The van der Waals surface area contributed by atoms with Crippen LogP contribution in [-0.2, 0) is 14.2 Å². The van der Waals surface area contributed by atoms with E-state index in [-0.39, 0.29) is 39.6 Å². The van der Waals surface area contributed by atoms with E-state index in [2.05, 4.69) is 0 Å². The molecule has 2 atom stereocenters. The van der Waals surface area contributed by atoms with Crippen molar-refractivity contribution in [2.75, 3.05) is 66.1 Å². The fourth-order valence-electron chi connectivity index (χ4n) is 1.33. The second-order valence-corrected chi connectivity index (χ2v) is 5.91. The number of ether oxygens (including phenoxy) is 3. The summed E-state index contributed by atoms with van der Waals surface area (Å²) in [5, 5.41) is 48.5. The Morgan fingerprint density at radius 2 is 0.741 bits per heavy atom. The number of aliphatic hydroxyl groups is 6. The third kappa shape index (κ3) is 33.6. The highest BCUT2D eigenvalue weighted by Gasteiger charge is 2.26. The van der Waals surface area contributed by atoms with Crippen molar-refractivity contribution < 1.29 is 44.8 Å². The zero-order valence-corrected chi connectivity index (χ0v) is 16.4. The number of unbranched alkanes of at least 4 members (excludes halogenated alkanes) is 3. The van der Waals surface area contributed by atoms with Gasteiger partial charge >= 0.3 is 0 Å². The predicted molar refractivity (Wildman–Crippen MR) is 101 cm³/mol. The summed E-state index contributed by atoms with van der Waals surface area (Å²) >= 11 is 0. The third-order valence-corrected chi connectivity index (χ3v) is 3.11. The topological polar surface area (TPSA) is 156 Å². The van der Waals surface area contributed by atoms with Crippen molar-refractivity contribution in [2.45, 2.75) is 50.7 Å². The quantitative estimate of drug-likeness (QED) is 0.170. The highest BCUT2D eigenvalue weighted by atomic mass is 16.6. The Kier molecular flexibility index (Phi) is 27.4. The van der Waals surface area contributed by atoms with Crippen LogP contribution in [0.25, 0.3) is 0 Å². The summed E-state index contributed by atoms with van der Waals surface area (Å²) in [6.07, 6.45) is 5.10. The van der Waals surface area contributed by atoms with Crippen molar-refractivity contribution >= 4 is 0 Å². The maximum atomic E-state index is 8.09. The first-order chi connectivity index (χ1) is 13.2. The van der Waals surface area contributed by atoms with E-state index in [0.717, 1.165) is 65.0 Å². The van der Waals surface area contributed by atoms with Gasteiger partial charge in [0.2, 0.25) is 0 Å². The molecule has 2 aliphatic rings. The number of aliphatic hydroxyl groups excluding tert-OH is 6. The van der Waals surface area contributed by atoms with E-state index in [1.807, 2.05) is 0 Å². The molecule has 2 heterocycles. The van der Waals surface area contributed by atoms with Crippen LogP contribution >= 0.6 is 0 Å².